The zero-order chi connectivity index (χ0) is 13.4. The van der Waals surface area contributed by atoms with Crippen molar-refractivity contribution in [3.8, 4) is 11.4 Å². The molecule has 6 nitrogen and oxygen atoms in total. The van der Waals surface area contributed by atoms with Crippen molar-refractivity contribution in [1.29, 1.82) is 0 Å². The molecule has 0 atom stereocenters. The van der Waals surface area contributed by atoms with Crippen LogP contribution in [0, 0.1) is 0 Å². The Morgan fingerprint density at radius 1 is 1.37 bits per heavy atom. The molecule has 0 bridgehead atoms. The maximum atomic E-state index is 5.46. The zero-order valence-corrected chi connectivity index (χ0v) is 10.9. The van der Waals surface area contributed by atoms with E-state index < -0.39 is 0 Å². The SMILES string of the molecule is CC(C)n1cnc2cc(-c3noc(CN)n3)ccc21. The fourth-order valence-corrected chi connectivity index (χ4v) is 2.04. The molecule has 0 aliphatic carbocycles. The molecule has 0 saturated heterocycles. The first-order valence-corrected chi connectivity index (χ1v) is 6.18. The molecule has 1 aromatic carbocycles. The second-order valence-electron chi connectivity index (χ2n) is 4.66. The van der Waals surface area contributed by atoms with Crippen molar-refractivity contribution >= 4 is 11.0 Å². The molecule has 3 rings (SSSR count). The normalized spacial score (nSPS) is 11.6. The van der Waals surface area contributed by atoms with Crippen LogP contribution in [-0.2, 0) is 6.54 Å². The molecule has 0 unspecified atom stereocenters. The summed E-state index contributed by atoms with van der Waals surface area (Å²) in [6.07, 6.45) is 1.85. The van der Waals surface area contributed by atoms with Gasteiger partial charge >= 0.3 is 0 Å². The van der Waals surface area contributed by atoms with Gasteiger partial charge in [0.1, 0.15) is 0 Å². The Balaban J connectivity index is 2.07. The van der Waals surface area contributed by atoms with Gasteiger partial charge in [-0.05, 0) is 32.0 Å². The number of fused-ring (bicyclic) bond motifs is 1. The topological polar surface area (TPSA) is 82.8 Å². The van der Waals surface area contributed by atoms with Gasteiger partial charge < -0.3 is 14.8 Å². The predicted octanol–water partition coefficient (Wildman–Crippen LogP) is 2.13. The molecular formula is C13H15N5O. The molecule has 2 N–H and O–H groups in total. The zero-order valence-electron chi connectivity index (χ0n) is 10.9. The van der Waals surface area contributed by atoms with Crippen molar-refractivity contribution in [3.05, 3.63) is 30.4 Å². The van der Waals surface area contributed by atoms with E-state index in [1.165, 1.54) is 0 Å². The average Bonchev–Trinajstić information content (AvgIpc) is 3.04. The molecule has 2 heterocycles. The van der Waals surface area contributed by atoms with E-state index in [9.17, 15) is 0 Å². The summed E-state index contributed by atoms with van der Waals surface area (Å²) in [5, 5.41) is 3.91. The fraction of sp³-hybridized carbons (Fsp3) is 0.308. The number of nitrogens with two attached hydrogens (primary N) is 1. The number of benzene rings is 1. The molecule has 98 valence electrons. The van der Waals surface area contributed by atoms with Gasteiger partial charge in [-0.3, -0.25) is 0 Å². The van der Waals surface area contributed by atoms with Crippen LogP contribution in [0.15, 0.2) is 29.0 Å². The Morgan fingerprint density at radius 3 is 2.89 bits per heavy atom. The first kappa shape index (κ1) is 11.9. The summed E-state index contributed by atoms with van der Waals surface area (Å²) in [7, 11) is 0. The lowest BCUT2D eigenvalue weighted by atomic mass is 10.2. The van der Waals surface area contributed by atoms with E-state index in [1.807, 2.05) is 24.5 Å². The van der Waals surface area contributed by atoms with Gasteiger partial charge in [-0.2, -0.15) is 4.98 Å². The van der Waals surface area contributed by atoms with E-state index >= 15 is 0 Å². The molecule has 0 spiro atoms. The lowest BCUT2D eigenvalue weighted by Gasteiger charge is -2.07. The van der Waals surface area contributed by atoms with Crippen LogP contribution in [-0.4, -0.2) is 19.7 Å². The summed E-state index contributed by atoms with van der Waals surface area (Å²) in [4.78, 5) is 8.62. The lowest BCUT2D eigenvalue weighted by Crippen LogP contribution is -1.97. The summed E-state index contributed by atoms with van der Waals surface area (Å²) in [6, 6.07) is 6.33. The van der Waals surface area contributed by atoms with Crippen LogP contribution in [0.5, 0.6) is 0 Å². The van der Waals surface area contributed by atoms with E-state index in [4.69, 9.17) is 10.3 Å². The van der Waals surface area contributed by atoms with Crippen molar-refractivity contribution < 1.29 is 4.52 Å². The minimum Gasteiger partial charge on any atom is -0.338 e. The van der Waals surface area contributed by atoms with Gasteiger partial charge in [0.25, 0.3) is 0 Å². The highest BCUT2D eigenvalue weighted by Crippen LogP contribution is 2.23. The van der Waals surface area contributed by atoms with E-state index in [0.29, 0.717) is 17.8 Å². The highest BCUT2D eigenvalue weighted by Gasteiger charge is 2.11. The average molecular weight is 257 g/mol. The predicted molar refractivity (Wildman–Crippen MR) is 71.3 cm³/mol. The van der Waals surface area contributed by atoms with Crippen molar-refractivity contribution in [1.82, 2.24) is 19.7 Å². The maximum absolute atomic E-state index is 5.46. The Morgan fingerprint density at radius 2 is 2.21 bits per heavy atom. The smallest absolute Gasteiger partial charge is 0.240 e. The molecule has 19 heavy (non-hydrogen) atoms. The minimum atomic E-state index is 0.247. The maximum Gasteiger partial charge on any atom is 0.240 e. The molecular weight excluding hydrogens is 242 g/mol. The van der Waals surface area contributed by atoms with Gasteiger partial charge in [-0.15, -0.1) is 0 Å². The van der Waals surface area contributed by atoms with Crippen LogP contribution in [0.2, 0.25) is 0 Å². The largest absolute Gasteiger partial charge is 0.338 e. The molecule has 0 aliphatic rings. The van der Waals surface area contributed by atoms with E-state index in [-0.39, 0.29) is 6.54 Å². The summed E-state index contributed by atoms with van der Waals surface area (Å²) < 4.78 is 7.14. The first-order valence-electron chi connectivity index (χ1n) is 6.18. The molecule has 2 aromatic heterocycles. The van der Waals surface area contributed by atoms with Crippen LogP contribution >= 0.6 is 0 Å². The van der Waals surface area contributed by atoms with Gasteiger partial charge in [-0.25, -0.2) is 4.98 Å². The highest BCUT2D eigenvalue weighted by molar-refractivity contribution is 5.80. The second-order valence-corrected chi connectivity index (χ2v) is 4.66. The number of imidazole rings is 1. The van der Waals surface area contributed by atoms with Crippen LogP contribution in [0.1, 0.15) is 25.8 Å². The minimum absolute atomic E-state index is 0.247. The number of aromatic nitrogens is 4. The van der Waals surface area contributed by atoms with Crippen LogP contribution < -0.4 is 5.73 Å². The number of nitrogens with zero attached hydrogens (tertiary/aromatic N) is 4. The first-order chi connectivity index (χ1) is 9.19. The molecule has 0 amide bonds. The Kier molecular flexibility index (Phi) is 2.79. The Hall–Kier alpha value is -2.21. The van der Waals surface area contributed by atoms with E-state index in [2.05, 4.69) is 33.5 Å². The lowest BCUT2D eigenvalue weighted by molar-refractivity contribution is 0.380. The monoisotopic (exact) mass is 257 g/mol. The van der Waals surface area contributed by atoms with Crippen molar-refractivity contribution in [2.75, 3.05) is 0 Å². The Labute approximate surface area is 110 Å². The summed E-state index contributed by atoms with van der Waals surface area (Å²) in [6.45, 7) is 4.50. The second kappa shape index (κ2) is 4.47. The highest BCUT2D eigenvalue weighted by atomic mass is 16.5. The van der Waals surface area contributed by atoms with Gasteiger partial charge in [-0.1, -0.05) is 5.16 Å². The molecule has 0 aliphatic heterocycles. The molecule has 0 radical (unpaired) electrons. The third-order valence-electron chi connectivity index (χ3n) is 3.03. The van der Waals surface area contributed by atoms with Crippen molar-refractivity contribution in [3.63, 3.8) is 0 Å². The van der Waals surface area contributed by atoms with E-state index in [0.717, 1.165) is 16.6 Å². The quantitative estimate of drug-likeness (QED) is 0.777. The summed E-state index contributed by atoms with van der Waals surface area (Å²) in [5.41, 5.74) is 8.36. The van der Waals surface area contributed by atoms with Crippen LogP contribution in [0.3, 0.4) is 0 Å². The van der Waals surface area contributed by atoms with E-state index in [1.54, 1.807) is 0 Å². The number of rotatable bonds is 3. The van der Waals surface area contributed by atoms with Crippen LogP contribution in [0.4, 0.5) is 0 Å². The summed E-state index contributed by atoms with van der Waals surface area (Å²) >= 11 is 0. The molecule has 3 aromatic rings. The molecule has 0 fully saturated rings. The van der Waals surface area contributed by atoms with Crippen LogP contribution in [0.25, 0.3) is 22.4 Å². The number of hydrogen-bond donors (Lipinski definition) is 1. The standard InChI is InChI=1S/C13H15N5O/c1-8(2)18-7-15-10-5-9(3-4-11(10)18)13-16-12(6-14)19-17-13/h3-5,7-8H,6,14H2,1-2H3. The third kappa shape index (κ3) is 2.00. The van der Waals surface area contributed by atoms with Crippen molar-refractivity contribution in [2.45, 2.75) is 26.4 Å². The molecule has 0 saturated carbocycles. The summed E-state index contributed by atoms with van der Waals surface area (Å²) in [5.74, 6) is 0.976. The van der Waals surface area contributed by atoms with Crippen molar-refractivity contribution in [2.24, 2.45) is 5.73 Å². The van der Waals surface area contributed by atoms with Gasteiger partial charge in [0.2, 0.25) is 11.7 Å². The molecule has 6 heteroatoms. The van der Waals surface area contributed by atoms with Gasteiger partial charge in [0.15, 0.2) is 0 Å². The van der Waals surface area contributed by atoms with Gasteiger partial charge in [0, 0.05) is 11.6 Å². The van der Waals surface area contributed by atoms with Gasteiger partial charge in [0.05, 0.1) is 23.9 Å². The number of hydrogen-bond acceptors (Lipinski definition) is 5. The fourth-order valence-electron chi connectivity index (χ4n) is 2.04. The Bertz CT molecular complexity index is 713. The third-order valence-corrected chi connectivity index (χ3v) is 3.03.